The van der Waals surface area contributed by atoms with Crippen LogP contribution in [0.4, 0.5) is 4.39 Å². The van der Waals surface area contributed by atoms with Gasteiger partial charge in [-0.3, -0.25) is 14.8 Å². The van der Waals surface area contributed by atoms with Gasteiger partial charge in [-0.25, -0.2) is 4.39 Å². The topological polar surface area (TPSA) is 75.5 Å². The van der Waals surface area contributed by atoms with Crippen LogP contribution in [0.2, 0.25) is 0 Å². The number of hydrogen-bond donors (Lipinski definition) is 1. The number of carboxylic acid groups (broad SMARTS) is 1. The predicted molar refractivity (Wildman–Crippen MR) is 146 cm³/mol. The highest BCUT2D eigenvalue weighted by atomic mass is 32.2. The Labute approximate surface area is 222 Å². The minimum absolute atomic E-state index is 0.166. The van der Waals surface area contributed by atoms with Gasteiger partial charge in [0, 0.05) is 41.8 Å². The van der Waals surface area contributed by atoms with Crippen molar-refractivity contribution in [2.24, 2.45) is 11.8 Å². The summed E-state index contributed by atoms with van der Waals surface area (Å²) in [6.45, 7) is 2.88. The molecular formula is C29H36FN3O3S. The number of nitrogens with zero attached hydrogens (tertiary/aromatic N) is 3. The van der Waals surface area contributed by atoms with Crippen LogP contribution in [0.25, 0.3) is 10.9 Å². The van der Waals surface area contributed by atoms with Crippen LogP contribution in [-0.4, -0.2) is 58.4 Å². The Morgan fingerprint density at radius 3 is 2.92 bits per heavy atom. The number of methoxy groups -OCH3 is 1. The number of likely N-dealkylation sites (tertiary alicyclic amines) is 1. The van der Waals surface area contributed by atoms with Gasteiger partial charge in [0.25, 0.3) is 0 Å². The molecule has 3 aromatic rings. The molecule has 0 saturated carbocycles. The van der Waals surface area contributed by atoms with Crippen LogP contribution in [0.3, 0.4) is 0 Å². The first-order valence-electron chi connectivity index (χ1n) is 13.1. The van der Waals surface area contributed by atoms with Gasteiger partial charge in [0.15, 0.2) is 0 Å². The first-order valence-corrected chi connectivity index (χ1v) is 14.1. The van der Waals surface area contributed by atoms with Crippen molar-refractivity contribution in [2.45, 2.75) is 49.6 Å². The third-order valence-corrected chi connectivity index (χ3v) is 8.40. The number of aromatic nitrogens is 2. The number of halogens is 1. The van der Waals surface area contributed by atoms with Gasteiger partial charge >= 0.3 is 5.97 Å². The van der Waals surface area contributed by atoms with E-state index in [0.29, 0.717) is 30.1 Å². The van der Waals surface area contributed by atoms with Crippen LogP contribution in [0.5, 0.6) is 5.75 Å². The average Bonchev–Trinajstić information content (AvgIpc) is 2.93. The maximum Gasteiger partial charge on any atom is 0.303 e. The number of aliphatic carboxylic acids is 1. The van der Waals surface area contributed by atoms with Gasteiger partial charge in [-0.05, 0) is 105 Å². The van der Waals surface area contributed by atoms with Crippen LogP contribution in [0.1, 0.15) is 50.3 Å². The van der Waals surface area contributed by atoms with Gasteiger partial charge in [-0.1, -0.05) is 0 Å². The number of alkyl halides is 1. The first kappa shape index (κ1) is 27.3. The summed E-state index contributed by atoms with van der Waals surface area (Å²) in [4.78, 5) is 23.5. The molecule has 2 aromatic heterocycles. The molecule has 1 aliphatic rings. The van der Waals surface area contributed by atoms with Crippen molar-refractivity contribution < 1.29 is 19.0 Å². The number of thioether (sulfide) groups is 1. The van der Waals surface area contributed by atoms with E-state index in [1.165, 1.54) is 4.90 Å². The molecule has 2 unspecified atom stereocenters. The van der Waals surface area contributed by atoms with Gasteiger partial charge in [0.1, 0.15) is 11.9 Å². The molecule has 0 spiro atoms. The molecule has 1 saturated heterocycles. The van der Waals surface area contributed by atoms with E-state index in [-0.39, 0.29) is 12.3 Å². The molecule has 0 amide bonds. The summed E-state index contributed by atoms with van der Waals surface area (Å²) in [5.74, 6) is 1.57. The highest BCUT2D eigenvalue weighted by molar-refractivity contribution is 7.99. The zero-order valence-corrected chi connectivity index (χ0v) is 22.2. The molecule has 1 aliphatic heterocycles. The molecule has 3 atom stereocenters. The fourth-order valence-corrected chi connectivity index (χ4v) is 6.17. The van der Waals surface area contributed by atoms with E-state index in [9.17, 15) is 9.90 Å². The zero-order chi connectivity index (χ0) is 26.0. The van der Waals surface area contributed by atoms with Crippen LogP contribution >= 0.6 is 11.8 Å². The summed E-state index contributed by atoms with van der Waals surface area (Å²) in [6, 6.07) is 11.3. The largest absolute Gasteiger partial charge is 0.497 e. The molecule has 8 heteroatoms. The lowest BCUT2D eigenvalue weighted by Gasteiger charge is -2.39. The Balaban J connectivity index is 1.32. The maximum absolute atomic E-state index is 15.5. The standard InChI is InChI=1S/C29H36FN3O3S/c1-36-23-7-9-28-26(18-23)25(11-14-32-28)27(30)8-5-21-12-16-33(20-22(21)6-10-29(34)35)15-3-17-37-24-4-2-13-31-19-24/h2,4,7,9,11,13-14,18-19,21-22,27H,3,5-6,8,10,12,15-17,20H2,1H3,(H,34,35)/t21?,22?,27-/m0/s1. The molecule has 4 rings (SSSR count). The summed E-state index contributed by atoms with van der Waals surface area (Å²) < 4.78 is 20.9. The molecule has 3 heterocycles. The summed E-state index contributed by atoms with van der Waals surface area (Å²) in [7, 11) is 1.60. The number of carboxylic acids is 1. The Kier molecular flexibility index (Phi) is 10.1. The minimum Gasteiger partial charge on any atom is -0.497 e. The molecule has 37 heavy (non-hydrogen) atoms. The first-order chi connectivity index (χ1) is 18.0. The van der Waals surface area contributed by atoms with Crippen molar-refractivity contribution in [2.75, 3.05) is 32.5 Å². The number of fused-ring (bicyclic) bond motifs is 1. The second-order valence-electron chi connectivity index (χ2n) is 9.76. The van der Waals surface area contributed by atoms with Gasteiger partial charge in [-0.15, -0.1) is 11.8 Å². The third kappa shape index (κ3) is 7.89. The molecule has 1 N–H and O–H groups in total. The fraction of sp³-hybridized carbons (Fsp3) is 0.483. The van der Waals surface area contributed by atoms with E-state index in [0.717, 1.165) is 55.6 Å². The molecule has 1 fully saturated rings. The van der Waals surface area contributed by atoms with E-state index in [4.69, 9.17) is 4.74 Å². The van der Waals surface area contributed by atoms with Crippen LogP contribution in [-0.2, 0) is 4.79 Å². The smallest absolute Gasteiger partial charge is 0.303 e. The van der Waals surface area contributed by atoms with Crippen LogP contribution in [0.15, 0.2) is 59.9 Å². The Morgan fingerprint density at radius 1 is 1.24 bits per heavy atom. The average molecular weight is 526 g/mol. The summed E-state index contributed by atoms with van der Waals surface area (Å²) in [5.41, 5.74) is 1.41. The van der Waals surface area contributed by atoms with E-state index >= 15 is 4.39 Å². The van der Waals surface area contributed by atoms with E-state index in [1.54, 1.807) is 25.6 Å². The van der Waals surface area contributed by atoms with Crippen molar-refractivity contribution in [3.63, 3.8) is 0 Å². The lowest BCUT2D eigenvalue weighted by atomic mass is 9.79. The molecule has 6 nitrogen and oxygen atoms in total. The predicted octanol–water partition coefficient (Wildman–Crippen LogP) is 6.41. The SMILES string of the molecule is COc1ccc2nccc([C@@H](F)CCC3CCN(CCCSc4cccnc4)CC3CCC(=O)O)c2c1. The number of ether oxygens (including phenoxy) is 1. The van der Waals surface area contributed by atoms with Crippen LogP contribution in [0, 0.1) is 11.8 Å². The Morgan fingerprint density at radius 2 is 2.14 bits per heavy atom. The Hall–Kier alpha value is -2.71. The normalized spacial score (nSPS) is 19.1. The highest BCUT2D eigenvalue weighted by Crippen LogP contribution is 2.36. The van der Waals surface area contributed by atoms with Gasteiger partial charge < -0.3 is 14.7 Å². The number of benzene rings is 1. The monoisotopic (exact) mass is 525 g/mol. The summed E-state index contributed by atoms with van der Waals surface area (Å²) in [5, 5.41) is 10.1. The Bertz CT molecular complexity index is 1150. The van der Waals surface area contributed by atoms with Gasteiger partial charge in [0.05, 0.1) is 12.6 Å². The number of piperidine rings is 1. The van der Waals surface area contributed by atoms with Gasteiger partial charge in [-0.2, -0.15) is 0 Å². The van der Waals surface area contributed by atoms with E-state index in [2.05, 4.69) is 20.9 Å². The number of hydrogen-bond acceptors (Lipinski definition) is 6. The van der Waals surface area contributed by atoms with Crippen molar-refractivity contribution in [3.05, 3.63) is 60.6 Å². The maximum atomic E-state index is 15.5. The molecule has 0 bridgehead atoms. The van der Waals surface area contributed by atoms with Crippen molar-refractivity contribution >= 4 is 28.6 Å². The lowest BCUT2D eigenvalue weighted by molar-refractivity contribution is -0.137. The number of pyridine rings is 2. The highest BCUT2D eigenvalue weighted by Gasteiger charge is 2.30. The van der Waals surface area contributed by atoms with Crippen LogP contribution < -0.4 is 4.74 Å². The third-order valence-electron chi connectivity index (χ3n) is 7.34. The molecule has 198 valence electrons. The van der Waals surface area contributed by atoms with Crippen molar-refractivity contribution in [1.82, 2.24) is 14.9 Å². The van der Waals surface area contributed by atoms with Gasteiger partial charge in [0.2, 0.25) is 0 Å². The lowest BCUT2D eigenvalue weighted by Crippen LogP contribution is -2.41. The van der Waals surface area contributed by atoms with Crippen molar-refractivity contribution in [3.8, 4) is 5.75 Å². The number of carbonyl (C=O) groups is 1. The second-order valence-corrected chi connectivity index (χ2v) is 10.9. The zero-order valence-electron chi connectivity index (χ0n) is 21.4. The quantitative estimate of drug-likeness (QED) is 0.204. The van der Waals surface area contributed by atoms with Crippen molar-refractivity contribution in [1.29, 1.82) is 0 Å². The molecular weight excluding hydrogens is 489 g/mol. The second kappa shape index (κ2) is 13.7. The fourth-order valence-electron chi connectivity index (χ4n) is 5.35. The number of rotatable bonds is 13. The summed E-state index contributed by atoms with van der Waals surface area (Å²) in [6.07, 6.45) is 8.29. The molecule has 0 aliphatic carbocycles. The summed E-state index contributed by atoms with van der Waals surface area (Å²) >= 11 is 1.82. The molecule has 0 radical (unpaired) electrons. The minimum atomic E-state index is -1.10. The van der Waals surface area contributed by atoms with E-state index < -0.39 is 12.1 Å². The van der Waals surface area contributed by atoms with E-state index in [1.807, 2.05) is 42.2 Å². The molecule has 1 aromatic carbocycles.